The third-order valence-corrected chi connectivity index (χ3v) is 3.22. The molecule has 1 unspecified atom stereocenters. The predicted octanol–water partition coefficient (Wildman–Crippen LogP) is 0.703. The minimum atomic E-state index is -1.12. The number of nitrogens with zero attached hydrogens (tertiary/aromatic N) is 1. The molecule has 1 aliphatic heterocycles. The zero-order chi connectivity index (χ0) is 12.3. The first kappa shape index (κ1) is 12.1. The molecular formula is C13H17NO3. The highest BCUT2D eigenvalue weighted by atomic mass is 16.3. The van der Waals surface area contributed by atoms with Gasteiger partial charge in [-0.2, -0.15) is 0 Å². The zero-order valence-electron chi connectivity index (χ0n) is 9.62. The second-order valence-electron chi connectivity index (χ2n) is 4.32. The second-order valence-corrected chi connectivity index (χ2v) is 4.32. The molecule has 1 aromatic carbocycles. The molecule has 2 rings (SSSR count). The smallest absolute Gasteiger partial charge is 0.256 e. The van der Waals surface area contributed by atoms with Crippen molar-refractivity contribution in [2.45, 2.75) is 25.0 Å². The first-order chi connectivity index (χ1) is 8.24. The molecule has 1 saturated heterocycles. The maximum absolute atomic E-state index is 12.1. The number of carbonyl (C=O) groups excluding carboxylic acids is 1. The first-order valence-electron chi connectivity index (χ1n) is 5.88. The van der Waals surface area contributed by atoms with Crippen molar-refractivity contribution in [3.63, 3.8) is 0 Å². The normalized spacial score (nSPS) is 21.5. The number of aliphatic hydroxyl groups is 2. The Balaban J connectivity index is 2.10. The topological polar surface area (TPSA) is 60.8 Å². The van der Waals surface area contributed by atoms with Crippen LogP contribution in [0.25, 0.3) is 0 Å². The van der Waals surface area contributed by atoms with Crippen LogP contribution in [0, 0.1) is 0 Å². The summed E-state index contributed by atoms with van der Waals surface area (Å²) in [6.45, 7) is 0.585. The van der Waals surface area contributed by atoms with Gasteiger partial charge in [0.1, 0.15) is 0 Å². The van der Waals surface area contributed by atoms with Crippen LogP contribution in [0.5, 0.6) is 0 Å². The van der Waals surface area contributed by atoms with Crippen molar-refractivity contribution in [1.82, 2.24) is 4.90 Å². The molecule has 1 fully saturated rings. The van der Waals surface area contributed by atoms with Gasteiger partial charge in [-0.25, -0.2) is 0 Å². The van der Waals surface area contributed by atoms with E-state index in [2.05, 4.69) is 0 Å². The SMILES string of the molecule is O=C(C(O)c1ccccc1)N1CCC[C@@H]1CO. The summed E-state index contributed by atoms with van der Waals surface area (Å²) in [5, 5.41) is 19.2. The lowest BCUT2D eigenvalue weighted by molar-refractivity contribution is -0.142. The summed E-state index contributed by atoms with van der Waals surface area (Å²) >= 11 is 0. The number of likely N-dealkylation sites (tertiary alicyclic amines) is 1. The summed E-state index contributed by atoms with van der Waals surface area (Å²) in [5.74, 6) is -0.312. The zero-order valence-corrected chi connectivity index (χ0v) is 9.62. The van der Waals surface area contributed by atoms with Gasteiger partial charge in [-0.1, -0.05) is 30.3 Å². The van der Waals surface area contributed by atoms with Crippen molar-refractivity contribution in [3.8, 4) is 0 Å². The van der Waals surface area contributed by atoms with Gasteiger partial charge in [0.15, 0.2) is 6.10 Å². The molecule has 0 spiro atoms. The highest BCUT2D eigenvalue weighted by Gasteiger charge is 2.32. The van der Waals surface area contributed by atoms with E-state index in [-0.39, 0.29) is 18.6 Å². The Kier molecular flexibility index (Phi) is 3.76. The molecule has 0 aromatic heterocycles. The van der Waals surface area contributed by atoms with E-state index in [1.807, 2.05) is 6.07 Å². The lowest BCUT2D eigenvalue weighted by atomic mass is 10.1. The monoisotopic (exact) mass is 235 g/mol. The summed E-state index contributed by atoms with van der Waals surface area (Å²) in [5.41, 5.74) is 0.598. The van der Waals surface area contributed by atoms with E-state index in [0.717, 1.165) is 12.8 Å². The third-order valence-electron chi connectivity index (χ3n) is 3.22. The lowest BCUT2D eigenvalue weighted by Crippen LogP contribution is -2.40. The van der Waals surface area contributed by atoms with Gasteiger partial charge in [0.25, 0.3) is 5.91 Å². The maximum Gasteiger partial charge on any atom is 0.256 e. The van der Waals surface area contributed by atoms with Gasteiger partial charge in [-0.15, -0.1) is 0 Å². The van der Waals surface area contributed by atoms with Crippen LogP contribution in [0.2, 0.25) is 0 Å². The third kappa shape index (κ3) is 2.48. The average Bonchev–Trinajstić information content (AvgIpc) is 2.86. The van der Waals surface area contributed by atoms with E-state index in [1.54, 1.807) is 29.2 Å². The van der Waals surface area contributed by atoms with E-state index in [0.29, 0.717) is 12.1 Å². The summed E-state index contributed by atoms with van der Waals surface area (Å²) in [7, 11) is 0. The second kappa shape index (κ2) is 5.29. The molecule has 1 aromatic rings. The molecule has 0 saturated carbocycles. The van der Waals surface area contributed by atoms with Crippen molar-refractivity contribution in [1.29, 1.82) is 0 Å². The molecule has 4 nitrogen and oxygen atoms in total. The molecule has 4 heteroatoms. The van der Waals surface area contributed by atoms with Crippen molar-refractivity contribution in [3.05, 3.63) is 35.9 Å². The van der Waals surface area contributed by atoms with Crippen LogP contribution < -0.4 is 0 Å². The fraction of sp³-hybridized carbons (Fsp3) is 0.462. The molecule has 92 valence electrons. The molecule has 2 atom stereocenters. The Morgan fingerprint density at radius 2 is 2.12 bits per heavy atom. The molecule has 0 radical (unpaired) electrons. The summed E-state index contributed by atoms with van der Waals surface area (Å²) in [6.07, 6.45) is 0.575. The fourth-order valence-corrected chi connectivity index (χ4v) is 2.25. The molecular weight excluding hydrogens is 218 g/mol. The Morgan fingerprint density at radius 3 is 2.76 bits per heavy atom. The van der Waals surface area contributed by atoms with Gasteiger partial charge in [0.2, 0.25) is 0 Å². The number of hydrogen-bond donors (Lipinski definition) is 2. The summed E-state index contributed by atoms with van der Waals surface area (Å²) < 4.78 is 0. The van der Waals surface area contributed by atoms with Crippen LogP contribution in [0.3, 0.4) is 0 Å². The van der Waals surface area contributed by atoms with Crippen LogP contribution in [0.1, 0.15) is 24.5 Å². The number of benzene rings is 1. The van der Waals surface area contributed by atoms with E-state index in [9.17, 15) is 9.90 Å². The van der Waals surface area contributed by atoms with Gasteiger partial charge in [0.05, 0.1) is 12.6 Å². The minimum absolute atomic E-state index is 0.0345. The molecule has 0 aliphatic carbocycles. The number of rotatable bonds is 3. The van der Waals surface area contributed by atoms with E-state index in [1.165, 1.54) is 0 Å². The lowest BCUT2D eigenvalue weighted by Gasteiger charge is -2.25. The molecule has 1 amide bonds. The highest BCUT2D eigenvalue weighted by molar-refractivity contribution is 5.82. The van der Waals surface area contributed by atoms with Crippen LogP contribution in [0.4, 0.5) is 0 Å². The van der Waals surface area contributed by atoms with E-state index < -0.39 is 6.10 Å². The van der Waals surface area contributed by atoms with Crippen molar-refractivity contribution in [2.24, 2.45) is 0 Å². The van der Waals surface area contributed by atoms with E-state index >= 15 is 0 Å². The number of carbonyl (C=O) groups is 1. The molecule has 0 bridgehead atoms. The summed E-state index contributed by atoms with van der Waals surface area (Å²) in [4.78, 5) is 13.7. The van der Waals surface area contributed by atoms with Gasteiger partial charge < -0.3 is 15.1 Å². The Bertz CT molecular complexity index is 380. The molecule has 1 aliphatic rings. The fourth-order valence-electron chi connectivity index (χ4n) is 2.25. The molecule has 2 N–H and O–H groups in total. The van der Waals surface area contributed by atoms with Crippen molar-refractivity contribution in [2.75, 3.05) is 13.2 Å². The van der Waals surface area contributed by atoms with Crippen molar-refractivity contribution >= 4 is 5.91 Å². The van der Waals surface area contributed by atoms with Gasteiger partial charge in [-0.3, -0.25) is 4.79 Å². The van der Waals surface area contributed by atoms with Crippen molar-refractivity contribution < 1.29 is 15.0 Å². The van der Waals surface area contributed by atoms with Gasteiger partial charge in [0, 0.05) is 6.54 Å². The van der Waals surface area contributed by atoms with Crippen LogP contribution in [-0.4, -0.2) is 40.2 Å². The highest BCUT2D eigenvalue weighted by Crippen LogP contribution is 2.22. The molecule has 1 heterocycles. The van der Waals surface area contributed by atoms with Crippen LogP contribution >= 0.6 is 0 Å². The maximum atomic E-state index is 12.1. The number of hydrogen-bond acceptors (Lipinski definition) is 3. The van der Waals surface area contributed by atoms with Gasteiger partial charge in [-0.05, 0) is 18.4 Å². The van der Waals surface area contributed by atoms with Gasteiger partial charge >= 0.3 is 0 Å². The summed E-state index contributed by atoms with van der Waals surface area (Å²) in [6, 6.07) is 8.74. The minimum Gasteiger partial charge on any atom is -0.394 e. The van der Waals surface area contributed by atoms with Crippen LogP contribution in [0.15, 0.2) is 30.3 Å². The Labute approximate surface area is 100 Å². The predicted molar refractivity (Wildman–Crippen MR) is 63.2 cm³/mol. The number of aliphatic hydroxyl groups excluding tert-OH is 2. The standard InChI is InChI=1S/C13H17NO3/c15-9-11-7-4-8-14(11)13(17)12(16)10-5-2-1-3-6-10/h1-3,5-6,11-12,15-16H,4,7-9H2/t11-,12?/m1/s1. The Hall–Kier alpha value is -1.39. The molecule has 17 heavy (non-hydrogen) atoms. The van der Waals surface area contributed by atoms with E-state index in [4.69, 9.17) is 5.11 Å². The first-order valence-corrected chi connectivity index (χ1v) is 5.88. The number of amides is 1. The quantitative estimate of drug-likeness (QED) is 0.811. The average molecular weight is 235 g/mol. The van der Waals surface area contributed by atoms with Crippen LogP contribution in [-0.2, 0) is 4.79 Å². The Morgan fingerprint density at radius 1 is 1.41 bits per heavy atom. The largest absolute Gasteiger partial charge is 0.394 e.